The number of benzene rings is 6. The zero-order chi connectivity index (χ0) is 56.7. The van der Waals surface area contributed by atoms with Crippen LogP contribution in [0, 0.1) is 0 Å². The molecule has 0 heterocycles. The van der Waals surface area contributed by atoms with Crippen LogP contribution in [0.1, 0.15) is 304 Å². The van der Waals surface area contributed by atoms with Crippen LogP contribution in [0.25, 0.3) is 44.5 Å². The molecule has 0 saturated carbocycles. The number of phenols is 2. The molecule has 0 amide bonds. The molecular weight excluding hydrogens is 961 g/mol. The Morgan fingerprint density at radius 1 is 0.224 bits per heavy atom. The number of hydrogen-bond donors (Lipinski definition) is 2. The van der Waals surface area contributed by atoms with Gasteiger partial charge in [0.25, 0.3) is 0 Å². The first-order valence-corrected chi connectivity index (χ1v) is 31.4. The van der Waals surface area contributed by atoms with Gasteiger partial charge < -0.3 is 10.2 Å². The van der Waals surface area contributed by atoms with Crippen molar-refractivity contribution in [1.82, 2.24) is 0 Å². The molecular formula is C72H98O2S2. The van der Waals surface area contributed by atoms with Gasteiger partial charge in [-0.15, -0.1) is 0 Å². The summed E-state index contributed by atoms with van der Waals surface area (Å²) in [4.78, 5) is 2.31. The minimum absolute atomic E-state index is 0.232. The third-order valence-corrected chi connectivity index (χ3v) is 18.5. The van der Waals surface area contributed by atoms with E-state index in [4.69, 9.17) is 0 Å². The molecule has 76 heavy (non-hydrogen) atoms. The predicted octanol–water partition coefficient (Wildman–Crippen LogP) is 24.0. The second kappa shape index (κ2) is 24.7. The summed E-state index contributed by atoms with van der Waals surface area (Å²) in [5.74, 6) is 3.88. The van der Waals surface area contributed by atoms with Crippen LogP contribution in [0.4, 0.5) is 0 Å². The lowest BCUT2D eigenvalue weighted by Crippen LogP contribution is -2.07. The van der Waals surface area contributed by atoms with Gasteiger partial charge in [0.2, 0.25) is 0 Å². The molecule has 0 spiro atoms. The molecule has 0 aliphatic rings. The molecule has 6 aromatic rings. The van der Waals surface area contributed by atoms with Gasteiger partial charge >= 0.3 is 0 Å². The van der Waals surface area contributed by atoms with E-state index in [0.29, 0.717) is 23.7 Å². The molecule has 2 nitrogen and oxygen atoms in total. The van der Waals surface area contributed by atoms with Crippen LogP contribution in [0.5, 0.6) is 11.5 Å². The monoisotopic (exact) mass is 1060 g/mol. The maximum absolute atomic E-state index is 12.5. The van der Waals surface area contributed by atoms with Gasteiger partial charge in [0.15, 0.2) is 0 Å². The van der Waals surface area contributed by atoms with Crippen LogP contribution < -0.4 is 0 Å². The van der Waals surface area contributed by atoms with E-state index < -0.39 is 0 Å². The fraction of sp³-hybridized carbons (Fsp3) is 0.500. The lowest BCUT2D eigenvalue weighted by atomic mass is 9.79. The Hall–Kier alpha value is -4.38. The Balaban J connectivity index is 1.91. The van der Waals surface area contributed by atoms with Crippen molar-refractivity contribution in [2.24, 2.45) is 0 Å². The molecule has 0 aromatic heterocycles. The zero-order valence-electron chi connectivity index (χ0n) is 51.6. The van der Waals surface area contributed by atoms with Crippen LogP contribution in [-0.2, 0) is 0 Å². The SMILES string of the molecule is CC(C)c1cc(C(C)C)c(-c2cc(O)cc(-c3c(C(C)C)cc(C(C)C)cc3C(C)C)c2SSc2c(-c3c(C(C)C)cc(C(C)C)cc3C(C)C)cc(O)cc2-c2c(C(C)C)cc(C(C)C)cc2C(C)C)c(C(C)C)c1. The summed E-state index contributed by atoms with van der Waals surface area (Å²) in [6.45, 7) is 55.7. The number of rotatable bonds is 19. The van der Waals surface area contributed by atoms with Crippen LogP contribution >= 0.6 is 21.6 Å². The van der Waals surface area contributed by atoms with E-state index in [9.17, 15) is 10.2 Å². The normalized spacial score (nSPS) is 12.5. The maximum atomic E-state index is 12.5. The average molecular weight is 1060 g/mol. The summed E-state index contributed by atoms with van der Waals surface area (Å²) >= 11 is 0. The molecule has 6 aromatic carbocycles. The second-order valence-corrected chi connectivity index (χ2v) is 28.2. The highest BCUT2D eigenvalue weighted by atomic mass is 33.1. The van der Waals surface area contributed by atoms with Crippen molar-refractivity contribution in [2.75, 3.05) is 0 Å². The summed E-state index contributed by atoms with van der Waals surface area (Å²) < 4.78 is 0. The summed E-state index contributed by atoms with van der Waals surface area (Å²) in [6.07, 6.45) is 0. The van der Waals surface area contributed by atoms with E-state index in [-0.39, 0.29) is 58.8 Å². The smallest absolute Gasteiger partial charge is 0.116 e. The molecule has 4 heteroatoms. The lowest BCUT2D eigenvalue weighted by Gasteiger charge is -2.29. The standard InChI is InChI=1S/C72H98O2S2/c1-37(2)49-25-55(41(9)10)67(56(26-49)42(11)12)63-33-53(73)34-64(68-57(43(13)14)27-50(38(3)4)28-58(68)44(15)16)71(63)75-76-72-65(69-59(45(17)18)29-51(39(5)6)30-60(69)46(19)20)35-54(74)36-66(72)70-61(47(21)22)31-52(40(7)8)32-62(70)48(23)24/h25-48,73-74H,1-24H3. The summed E-state index contributed by atoms with van der Waals surface area (Å²) in [6, 6.07) is 28.0. The number of aromatic hydroxyl groups is 2. The van der Waals surface area contributed by atoms with Gasteiger partial charge in [-0.25, -0.2) is 0 Å². The Morgan fingerprint density at radius 2 is 0.368 bits per heavy atom. The predicted molar refractivity (Wildman–Crippen MR) is 339 cm³/mol. The molecule has 0 saturated heterocycles. The number of hydrogen-bond acceptors (Lipinski definition) is 4. The summed E-state index contributed by atoms with van der Waals surface area (Å²) in [5.41, 5.74) is 25.2. The fourth-order valence-electron chi connectivity index (χ4n) is 11.3. The molecule has 0 radical (unpaired) electrons. The highest BCUT2D eigenvalue weighted by molar-refractivity contribution is 8.76. The Labute approximate surface area is 471 Å². The Morgan fingerprint density at radius 3 is 0.487 bits per heavy atom. The molecule has 6 rings (SSSR count). The number of phenolic OH excluding ortho intramolecular Hbond substituents is 2. The van der Waals surface area contributed by atoms with E-state index in [1.165, 1.54) is 89.0 Å². The Bertz CT molecular complexity index is 2510. The summed E-state index contributed by atoms with van der Waals surface area (Å²) in [7, 11) is 3.70. The minimum atomic E-state index is 0.232. The molecule has 0 aliphatic heterocycles. The largest absolute Gasteiger partial charge is 0.508 e. The lowest BCUT2D eigenvalue weighted by molar-refractivity contribution is 0.475. The minimum Gasteiger partial charge on any atom is -0.508 e. The van der Waals surface area contributed by atoms with Gasteiger partial charge in [-0.2, -0.15) is 0 Å². The van der Waals surface area contributed by atoms with Crippen molar-refractivity contribution >= 4 is 21.6 Å². The summed E-state index contributed by atoms with van der Waals surface area (Å²) in [5, 5.41) is 24.9. The van der Waals surface area contributed by atoms with E-state index in [1.807, 2.05) is 21.6 Å². The highest BCUT2D eigenvalue weighted by Crippen LogP contribution is 2.58. The van der Waals surface area contributed by atoms with E-state index in [2.05, 4.69) is 239 Å². The van der Waals surface area contributed by atoms with Crippen molar-refractivity contribution in [1.29, 1.82) is 0 Å². The third kappa shape index (κ3) is 12.7. The van der Waals surface area contributed by atoms with Crippen molar-refractivity contribution in [2.45, 2.75) is 247 Å². The Kier molecular flexibility index (Phi) is 19.8. The zero-order valence-corrected chi connectivity index (χ0v) is 53.2. The van der Waals surface area contributed by atoms with Crippen molar-refractivity contribution in [3.05, 3.63) is 140 Å². The van der Waals surface area contributed by atoms with E-state index in [1.54, 1.807) is 0 Å². The second-order valence-electron chi connectivity index (χ2n) is 26.1. The van der Waals surface area contributed by atoms with E-state index in [0.717, 1.165) is 32.0 Å². The van der Waals surface area contributed by atoms with Crippen LogP contribution in [-0.4, -0.2) is 10.2 Å². The topological polar surface area (TPSA) is 40.5 Å². The third-order valence-electron chi connectivity index (χ3n) is 16.0. The van der Waals surface area contributed by atoms with E-state index >= 15 is 0 Å². The maximum Gasteiger partial charge on any atom is 0.116 e. The first-order valence-electron chi connectivity index (χ1n) is 29.3. The van der Waals surface area contributed by atoms with Gasteiger partial charge in [-0.3, -0.25) is 0 Å². The molecule has 0 bridgehead atoms. The molecule has 0 unspecified atom stereocenters. The van der Waals surface area contributed by atoms with Gasteiger partial charge in [0.1, 0.15) is 11.5 Å². The van der Waals surface area contributed by atoms with Gasteiger partial charge in [0.05, 0.1) is 0 Å². The van der Waals surface area contributed by atoms with Crippen LogP contribution in [0.15, 0.2) is 82.6 Å². The fourth-order valence-corrected chi connectivity index (χ4v) is 14.0. The molecule has 0 atom stereocenters. The molecule has 410 valence electrons. The molecule has 2 N–H and O–H groups in total. The average Bonchev–Trinajstić information content (AvgIpc) is 3.33. The van der Waals surface area contributed by atoms with Crippen molar-refractivity contribution in [3.8, 4) is 56.0 Å². The van der Waals surface area contributed by atoms with Gasteiger partial charge in [-0.05, 0) is 184 Å². The van der Waals surface area contributed by atoms with Crippen molar-refractivity contribution in [3.63, 3.8) is 0 Å². The van der Waals surface area contributed by atoms with Crippen molar-refractivity contribution < 1.29 is 10.2 Å². The molecule has 0 aliphatic carbocycles. The van der Waals surface area contributed by atoms with Crippen LogP contribution in [0.2, 0.25) is 0 Å². The molecule has 0 fully saturated rings. The quantitative estimate of drug-likeness (QED) is 0.0793. The van der Waals surface area contributed by atoms with Crippen LogP contribution in [0.3, 0.4) is 0 Å². The van der Waals surface area contributed by atoms with Gasteiger partial charge in [0, 0.05) is 32.0 Å². The highest BCUT2D eigenvalue weighted by Gasteiger charge is 2.31. The van der Waals surface area contributed by atoms with Gasteiger partial charge in [-0.1, -0.05) is 236 Å². The first kappa shape index (κ1) is 60.8. The first-order chi connectivity index (χ1) is 35.5.